The zero-order chi connectivity index (χ0) is 36.3. The van der Waals surface area contributed by atoms with Gasteiger partial charge in [-0.1, -0.05) is 48.5 Å². The maximum Gasteiger partial charge on any atom is 0.160 e. The highest BCUT2D eigenvalue weighted by Gasteiger charge is 2.24. The highest BCUT2D eigenvalue weighted by molar-refractivity contribution is 6.24. The molecular formula is C42H22F8N2. The average Bonchev–Trinajstić information content (AvgIpc) is 3.14. The van der Waals surface area contributed by atoms with Gasteiger partial charge in [-0.2, -0.15) is 0 Å². The number of anilines is 6. The van der Waals surface area contributed by atoms with E-state index >= 15 is 0 Å². The Kier molecular flexibility index (Phi) is 8.02. The number of hydrogen-bond donors (Lipinski definition) is 0. The van der Waals surface area contributed by atoms with E-state index in [0.29, 0.717) is 43.7 Å². The lowest BCUT2D eigenvalue weighted by atomic mass is 9.93. The topological polar surface area (TPSA) is 6.48 Å². The number of fused-ring (bicyclic) bond motifs is 5. The molecule has 0 bridgehead atoms. The van der Waals surface area contributed by atoms with Crippen molar-refractivity contribution in [2.24, 2.45) is 0 Å². The third-order valence-electron chi connectivity index (χ3n) is 8.97. The van der Waals surface area contributed by atoms with Crippen LogP contribution in [0.4, 0.5) is 69.2 Å². The Bertz CT molecular complexity index is 2420. The summed E-state index contributed by atoms with van der Waals surface area (Å²) < 4.78 is 116. The van der Waals surface area contributed by atoms with Crippen LogP contribution in [0.2, 0.25) is 0 Å². The summed E-state index contributed by atoms with van der Waals surface area (Å²) in [4.78, 5) is 2.98. The number of rotatable bonds is 6. The van der Waals surface area contributed by atoms with E-state index in [9.17, 15) is 35.1 Å². The third-order valence-corrected chi connectivity index (χ3v) is 8.97. The van der Waals surface area contributed by atoms with Crippen LogP contribution >= 0.6 is 0 Å². The SMILES string of the molecule is Fc1ccc(N(c2ccc(F)c(F)c2)c2cc3c4ccccc4c(N(c4ccc(F)c(F)c4)c4ccc(F)c(F)c4)cc3c3ccccc23)cc1F. The van der Waals surface area contributed by atoms with Gasteiger partial charge in [0.05, 0.1) is 11.4 Å². The molecule has 8 aromatic rings. The molecule has 0 saturated carbocycles. The quantitative estimate of drug-likeness (QED) is 0.125. The Balaban J connectivity index is 1.47. The highest BCUT2D eigenvalue weighted by Crippen LogP contribution is 2.48. The summed E-state index contributed by atoms with van der Waals surface area (Å²) >= 11 is 0. The molecule has 2 nitrogen and oxygen atoms in total. The first kappa shape index (κ1) is 32.8. The molecule has 0 radical (unpaired) electrons. The molecule has 0 saturated heterocycles. The van der Waals surface area contributed by atoms with Gasteiger partial charge in [-0.25, -0.2) is 35.1 Å². The second-order valence-corrected chi connectivity index (χ2v) is 12.0. The summed E-state index contributed by atoms with van der Waals surface area (Å²) in [5, 5.41) is 3.67. The van der Waals surface area contributed by atoms with E-state index in [1.165, 1.54) is 34.1 Å². The largest absolute Gasteiger partial charge is 0.310 e. The van der Waals surface area contributed by atoms with E-state index < -0.39 is 46.5 Å². The third kappa shape index (κ3) is 5.53. The molecule has 256 valence electrons. The second kappa shape index (κ2) is 12.7. The van der Waals surface area contributed by atoms with Crippen molar-refractivity contribution in [3.63, 3.8) is 0 Å². The molecule has 0 N–H and O–H groups in total. The Morgan fingerprint density at radius 2 is 0.519 bits per heavy atom. The Morgan fingerprint density at radius 1 is 0.250 bits per heavy atom. The summed E-state index contributed by atoms with van der Waals surface area (Å²) in [6, 6.07) is 30.7. The van der Waals surface area contributed by atoms with Crippen molar-refractivity contribution in [2.45, 2.75) is 0 Å². The zero-order valence-electron chi connectivity index (χ0n) is 26.6. The van der Waals surface area contributed by atoms with Gasteiger partial charge in [-0.15, -0.1) is 0 Å². The van der Waals surface area contributed by atoms with Gasteiger partial charge in [0.15, 0.2) is 46.5 Å². The van der Waals surface area contributed by atoms with Gasteiger partial charge in [-0.05, 0) is 82.2 Å². The smallest absolute Gasteiger partial charge is 0.160 e. The molecule has 0 spiro atoms. The van der Waals surface area contributed by atoms with Gasteiger partial charge < -0.3 is 9.80 Å². The van der Waals surface area contributed by atoms with Crippen LogP contribution in [-0.2, 0) is 0 Å². The van der Waals surface area contributed by atoms with E-state index in [0.717, 1.165) is 48.5 Å². The molecule has 8 rings (SSSR count). The van der Waals surface area contributed by atoms with Crippen molar-refractivity contribution >= 4 is 66.4 Å². The van der Waals surface area contributed by atoms with E-state index in [4.69, 9.17) is 0 Å². The predicted octanol–water partition coefficient (Wildman–Crippen LogP) is 13.2. The molecule has 0 aliphatic rings. The molecule has 52 heavy (non-hydrogen) atoms. The lowest BCUT2D eigenvalue weighted by Crippen LogP contribution is -2.13. The fourth-order valence-corrected chi connectivity index (χ4v) is 6.63. The molecule has 0 heterocycles. The second-order valence-electron chi connectivity index (χ2n) is 12.0. The first-order chi connectivity index (χ1) is 25.1. The fraction of sp³-hybridized carbons (Fsp3) is 0. The van der Waals surface area contributed by atoms with Crippen LogP contribution in [0.1, 0.15) is 0 Å². The van der Waals surface area contributed by atoms with Crippen LogP contribution in [0, 0.1) is 46.5 Å². The lowest BCUT2D eigenvalue weighted by Gasteiger charge is -2.30. The van der Waals surface area contributed by atoms with Gasteiger partial charge in [0, 0.05) is 57.8 Å². The minimum Gasteiger partial charge on any atom is -0.310 e. The summed E-state index contributed by atoms with van der Waals surface area (Å²) in [5.74, 6) is -8.99. The van der Waals surface area contributed by atoms with Crippen molar-refractivity contribution in [1.29, 1.82) is 0 Å². The van der Waals surface area contributed by atoms with Gasteiger partial charge >= 0.3 is 0 Å². The summed E-state index contributed by atoms with van der Waals surface area (Å²) in [5.41, 5.74) is 1.32. The van der Waals surface area contributed by atoms with Crippen molar-refractivity contribution in [3.8, 4) is 0 Å². The Hall–Kier alpha value is -6.42. The van der Waals surface area contributed by atoms with Crippen LogP contribution in [0.3, 0.4) is 0 Å². The van der Waals surface area contributed by atoms with Crippen LogP contribution in [0.5, 0.6) is 0 Å². The first-order valence-electron chi connectivity index (χ1n) is 15.9. The van der Waals surface area contributed by atoms with Gasteiger partial charge in [0.2, 0.25) is 0 Å². The molecule has 8 aromatic carbocycles. The minimum absolute atomic E-state index is 0.123. The lowest BCUT2D eigenvalue weighted by molar-refractivity contribution is 0.508. The van der Waals surface area contributed by atoms with Crippen molar-refractivity contribution in [2.75, 3.05) is 9.80 Å². The number of benzene rings is 8. The normalized spacial score (nSPS) is 11.5. The molecule has 10 heteroatoms. The molecular weight excluding hydrogens is 684 g/mol. The van der Waals surface area contributed by atoms with Crippen LogP contribution < -0.4 is 9.80 Å². The van der Waals surface area contributed by atoms with Gasteiger partial charge in [0.25, 0.3) is 0 Å². The molecule has 0 fully saturated rings. The van der Waals surface area contributed by atoms with E-state index in [-0.39, 0.29) is 22.7 Å². The summed E-state index contributed by atoms with van der Waals surface area (Å²) in [6.07, 6.45) is 0. The number of hydrogen-bond acceptors (Lipinski definition) is 2. The predicted molar refractivity (Wildman–Crippen MR) is 188 cm³/mol. The molecule has 0 amide bonds. The maximum absolute atomic E-state index is 14.8. The van der Waals surface area contributed by atoms with Crippen LogP contribution in [-0.4, -0.2) is 0 Å². The van der Waals surface area contributed by atoms with Crippen LogP contribution in [0.25, 0.3) is 32.3 Å². The van der Waals surface area contributed by atoms with Crippen LogP contribution in [0.15, 0.2) is 133 Å². The Morgan fingerprint density at radius 3 is 0.788 bits per heavy atom. The monoisotopic (exact) mass is 706 g/mol. The molecule has 0 aliphatic carbocycles. The van der Waals surface area contributed by atoms with Gasteiger partial charge in [-0.3, -0.25) is 0 Å². The van der Waals surface area contributed by atoms with Crippen molar-refractivity contribution < 1.29 is 35.1 Å². The molecule has 0 aromatic heterocycles. The van der Waals surface area contributed by atoms with Gasteiger partial charge in [0.1, 0.15) is 0 Å². The minimum atomic E-state index is -1.15. The zero-order valence-corrected chi connectivity index (χ0v) is 26.6. The Labute approximate surface area is 291 Å². The van der Waals surface area contributed by atoms with E-state index in [2.05, 4.69) is 0 Å². The molecule has 0 aliphatic heterocycles. The standard InChI is InChI=1S/C42H22F8N2/c43-33-13-9-23(17-37(33)47)51(24-10-14-34(44)38(48)18-24)41-22-32-28-6-2-4-8-30(28)42(21-31(32)27-5-1-3-7-29(27)41)52(25-11-15-35(45)39(49)19-25)26-12-16-36(46)40(50)20-26/h1-22H. The number of nitrogens with zero attached hydrogens (tertiary/aromatic N) is 2. The fourth-order valence-electron chi connectivity index (χ4n) is 6.63. The molecule has 0 atom stereocenters. The summed E-state index contributed by atoms with van der Waals surface area (Å²) in [6.45, 7) is 0. The summed E-state index contributed by atoms with van der Waals surface area (Å²) in [7, 11) is 0. The molecule has 0 unspecified atom stereocenters. The number of halogens is 8. The van der Waals surface area contributed by atoms with E-state index in [1.54, 1.807) is 48.5 Å². The van der Waals surface area contributed by atoms with Crippen molar-refractivity contribution in [3.05, 3.63) is 180 Å². The maximum atomic E-state index is 14.8. The average molecular weight is 707 g/mol. The highest BCUT2D eigenvalue weighted by atomic mass is 19.2. The van der Waals surface area contributed by atoms with E-state index in [1.807, 2.05) is 12.1 Å². The van der Waals surface area contributed by atoms with Crippen molar-refractivity contribution in [1.82, 2.24) is 0 Å². The first-order valence-corrected chi connectivity index (χ1v) is 15.9.